The van der Waals surface area contributed by atoms with E-state index in [1.807, 2.05) is 60.7 Å². The number of benzene rings is 3. The van der Waals surface area contributed by atoms with E-state index in [-0.39, 0.29) is 5.91 Å². The summed E-state index contributed by atoms with van der Waals surface area (Å²) in [6, 6.07) is 22.7. The SMILES string of the molecule is O=C(N/N=C/c1ccc(Br)cc1)c1ccc(-c2nc3ccccc3[nH]2)cc1. The Bertz CT molecular complexity index is 1080. The first-order valence-corrected chi connectivity index (χ1v) is 9.12. The molecule has 0 spiro atoms. The number of hydrogen-bond acceptors (Lipinski definition) is 3. The van der Waals surface area contributed by atoms with Crippen LogP contribution in [0.4, 0.5) is 0 Å². The fourth-order valence-corrected chi connectivity index (χ4v) is 2.91. The number of aromatic amines is 1. The fourth-order valence-electron chi connectivity index (χ4n) is 2.65. The average molecular weight is 419 g/mol. The van der Waals surface area contributed by atoms with Crippen LogP contribution in [-0.4, -0.2) is 22.1 Å². The number of carbonyl (C=O) groups is 1. The van der Waals surface area contributed by atoms with Crippen LogP contribution < -0.4 is 5.43 Å². The number of hydrazone groups is 1. The molecule has 0 aliphatic heterocycles. The topological polar surface area (TPSA) is 70.1 Å². The lowest BCUT2D eigenvalue weighted by Crippen LogP contribution is -2.17. The molecular formula is C21H15BrN4O. The third kappa shape index (κ3) is 3.96. The van der Waals surface area contributed by atoms with Crippen molar-refractivity contribution in [2.75, 3.05) is 0 Å². The van der Waals surface area contributed by atoms with Crippen LogP contribution in [0.25, 0.3) is 22.4 Å². The van der Waals surface area contributed by atoms with Gasteiger partial charge in [0.15, 0.2) is 0 Å². The molecule has 1 heterocycles. The molecule has 3 aromatic carbocycles. The first-order valence-electron chi connectivity index (χ1n) is 8.33. The molecule has 0 saturated heterocycles. The lowest BCUT2D eigenvalue weighted by atomic mass is 10.1. The van der Waals surface area contributed by atoms with Crippen LogP contribution >= 0.6 is 15.9 Å². The van der Waals surface area contributed by atoms with E-state index in [1.165, 1.54) is 0 Å². The largest absolute Gasteiger partial charge is 0.338 e. The quantitative estimate of drug-likeness (QED) is 0.370. The average Bonchev–Trinajstić information content (AvgIpc) is 3.14. The third-order valence-electron chi connectivity index (χ3n) is 4.06. The van der Waals surface area contributed by atoms with Crippen molar-refractivity contribution < 1.29 is 4.79 Å². The summed E-state index contributed by atoms with van der Waals surface area (Å²) in [5.41, 5.74) is 6.78. The molecule has 4 rings (SSSR count). The second-order valence-corrected chi connectivity index (χ2v) is 6.85. The predicted molar refractivity (Wildman–Crippen MR) is 111 cm³/mol. The number of halogens is 1. The summed E-state index contributed by atoms with van der Waals surface area (Å²) in [4.78, 5) is 20.1. The second kappa shape index (κ2) is 7.55. The molecule has 6 heteroatoms. The first kappa shape index (κ1) is 17.2. The highest BCUT2D eigenvalue weighted by Crippen LogP contribution is 2.20. The van der Waals surface area contributed by atoms with Gasteiger partial charge >= 0.3 is 0 Å². The van der Waals surface area contributed by atoms with Gasteiger partial charge in [0.2, 0.25) is 0 Å². The Kier molecular flexibility index (Phi) is 4.80. The van der Waals surface area contributed by atoms with Crippen molar-refractivity contribution in [2.24, 2.45) is 5.10 Å². The van der Waals surface area contributed by atoms with Crippen LogP contribution in [0.3, 0.4) is 0 Å². The zero-order valence-electron chi connectivity index (χ0n) is 14.2. The Labute approximate surface area is 164 Å². The Balaban J connectivity index is 1.45. The molecule has 5 nitrogen and oxygen atoms in total. The van der Waals surface area contributed by atoms with Crippen LogP contribution in [0.5, 0.6) is 0 Å². The summed E-state index contributed by atoms with van der Waals surface area (Å²) in [7, 11) is 0. The van der Waals surface area contributed by atoms with Gasteiger partial charge in [0.1, 0.15) is 5.82 Å². The maximum Gasteiger partial charge on any atom is 0.271 e. The first-order chi connectivity index (χ1) is 13.2. The van der Waals surface area contributed by atoms with Gasteiger partial charge in [-0.05, 0) is 42.0 Å². The maximum absolute atomic E-state index is 12.2. The minimum atomic E-state index is -0.264. The maximum atomic E-state index is 12.2. The third-order valence-corrected chi connectivity index (χ3v) is 4.59. The smallest absolute Gasteiger partial charge is 0.271 e. The van der Waals surface area contributed by atoms with Crippen molar-refractivity contribution in [1.82, 2.24) is 15.4 Å². The lowest BCUT2D eigenvalue weighted by Gasteiger charge is -2.01. The molecule has 132 valence electrons. The highest BCUT2D eigenvalue weighted by molar-refractivity contribution is 9.10. The van der Waals surface area contributed by atoms with Gasteiger partial charge in [-0.3, -0.25) is 4.79 Å². The minimum absolute atomic E-state index is 0.264. The van der Waals surface area contributed by atoms with E-state index >= 15 is 0 Å². The van der Waals surface area contributed by atoms with Crippen LogP contribution in [0.15, 0.2) is 82.4 Å². The Morgan fingerprint density at radius 3 is 2.48 bits per heavy atom. The predicted octanol–water partition coefficient (Wildman–Crippen LogP) is 4.76. The van der Waals surface area contributed by atoms with Crippen molar-refractivity contribution in [3.8, 4) is 11.4 Å². The van der Waals surface area contributed by atoms with Crippen LogP contribution in [0, 0.1) is 0 Å². The monoisotopic (exact) mass is 418 g/mol. The van der Waals surface area contributed by atoms with E-state index in [0.29, 0.717) is 5.56 Å². The van der Waals surface area contributed by atoms with Gasteiger partial charge in [0, 0.05) is 15.6 Å². The zero-order chi connectivity index (χ0) is 18.6. The van der Waals surface area contributed by atoms with E-state index in [9.17, 15) is 4.79 Å². The molecule has 0 aliphatic carbocycles. The number of imidazole rings is 1. The standard InChI is InChI=1S/C21H15BrN4O/c22-17-11-5-14(6-12-17)13-23-26-21(27)16-9-7-15(8-10-16)20-24-18-3-1-2-4-19(18)25-20/h1-13H,(H,24,25)(H,26,27)/b23-13+. The van der Waals surface area contributed by atoms with Gasteiger partial charge in [0.25, 0.3) is 5.91 Å². The van der Waals surface area contributed by atoms with Gasteiger partial charge < -0.3 is 4.98 Å². The number of rotatable bonds is 4. The number of amides is 1. The van der Waals surface area contributed by atoms with Crippen LogP contribution in [0.2, 0.25) is 0 Å². The molecule has 1 amide bonds. The highest BCUT2D eigenvalue weighted by Gasteiger charge is 2.07. The summed E-state index contributed by atoms with van der Waals surface area (Å²) < 4.78 is 0.994. The molecule has 0 bridgehead atoms. The van der Waals surface area contributed by atoms with Gasteiger partial charge in [-0.25, -0.2) is 10.4 Å². The molecule has 0 aliphatic rings. The molecule has 2 N–H and O–H groups in total. The van der Waals surface area contributed by atoms with Gasteiger partial charge in [-0.1, -0.05) is 52.3 Å². The summed E-state index contributed by atoms with van der Waals surface area (Å²) >= 11 is 3.38. The Morgan fingerprint density at radius 1 is 1.00 bits per heavy atom. The van der Waals surface area contributed by atoms with Crippen molar-refractivity contribution >= 4 is 39.1 Å². The summed E-state index contributed by atoms with van der Waals surface area (Å²) in [5.74, 6) is 0.510. The van der Waals surface area contributed by atoms with Crippen LogP contribution in [-0.2, 0) is 0 Å². The molecule has 0 fully saturated rings. The van der Waals surface area contributed by atoms with Gasteiger partial charge in [-0.2, -0.15) is 5.10 Å². The van der Waals surface area contributed by atoms with E-state index in [4.69, 9.17) is 0 Å². The minimum Gasteiger partial charge on any atom is -0.338 e. The number of carbonyl (C=O) groups excluding carboxylic acids is 1. The molecule has 27 heavy (non-hydrogen) atoms. The number of fused-ring (bicyclic) bond motifs is 1. The Morgan fingerprint density at radius 2 is 1.74 bits per heavy atom. The lowest BCUT2D eigenvalue weighted by molar-refractivity contribution is 0.0955. The summed E-state index contributed by atoms with van der Waals surface area (Å²) in [5, 5.41) is 4.00. The van der Waals surface area contributed by atoms with Crippen molar-refractivity contribution in [2.45, 2.75) is 0 Å². The van der Waals surface area contributed by atoms with Gasteiger partial charge in [-0.15, -0.1) is 0 Å². The zero-order valence-corrected chi connectivity index (χ0v) is 15.8. The summed E-state index contributed by atoms with van der Waals surface area (Å²) in [6.45, 7) is 0. The van der Waals surface area contributed by atoms with Crippen LogP contribution in [0.1, 0.15) is 15.9 Å². The number of para-hydroxylation sites is 2. The van der Waals surface area contributed by atoms with E-state index in [2.05, 4.69) is 36.4 Å². The van der Waals surface area contributed by atoms with Crippen molar-refractivity contribution in [1.29, 1.82) is 0 Å². The molecular weight excluding hydrogens is 404 g/mol. The molecule has 4 aromatic rings. The number of nitrogens with zero attached hydrogens (tertiary/aromatic N) is 2. The van der Waals surface area contributed by atoms with E-state index in [0.717, 1.165) is 32.5 Å². The number of nitrogens with one attached hydrogen (secondary N) is 2. The molecule has 0 saturated carbocycles. The van der Waals surface area contributed by atoms with Gasteiger partial charge in [0.05, 0.1) is 17.2 Å². The number of aromatic nitrogens is 2. The normalized spacial score (nSPS) is 11.1. The fraction of sp³-hybridized carbons (Fsp3) is 0. The number of H-pyrrole nitrogens is 1. The molecule has 0 unspecified atom stereocenters. The van der Waals surface area contributed by atoms with E-state index < -0.39 is 0 Å². The second-order valence-electron chi connectivity index (χ2n) is 5.93. The van der Waals surface area contributed by atoms with Crippen molar-refractivity contribution in [3.05, 3.63) is 88.4 Å². The molecule has 1 aromatic heterocycles. The Hall–Kier alpha value is -3.25. The molecule has 0 radical (unpaired) electrons. The van der Waals surface area contributed by atoms with Crippen molar-refractivity contribution in [3.63, 3.8) is 0 Å². The summed E-state index contributed by atoms with van der Waals surface area (Å²) in [6.07, 6.45) is 1.60. The molecule has 0 atom stereocenters. The van der Waals surface area contributed by atoms with E-state index in [1.54, 1.807) is 18.3 Å². The number of hydrogen-bond donors (Lipinski definition) is 2. The highest BCUT2D eigenvalue weighted by atomic mass is 79.9.